The Labute approximate surface area is 105 Å². The van der Waals surface area contributed by atoms with Gasteiger partial charge in [-0.05, 0) is 37.1 Å². The summed E-state index contributed by atoms with van der Waals surface area (Å²) in [6.07, 6.45) is 3.48. The molecule has 0 atom stereocenters. The fourth-order valence-electron chi connectivity index (χ4n) is 2.16. The summed E-state index contributed by atoms with van der Waals surface area (Å²) >= 11 is 0. The van der Waals surface area contributed by atoms with Crippen LogP contribution in [0.2, 0.25) is 0 Å². The van der Waals surface area contributed by atoms with Crippen LogP contribution in [0.3, 0.4) is 0 Å². The minimum absolute atomic E-state index is 0.492. The molecule has 0 aliphatic carbocycles. The average Bonchev–Trinajstić information content (AvgIpc) is 2.68. The second kappa shape index (κ2) is 3.84. The molecule has 0 radical (unpaired) electrons. The predicted molar refractivity (Wildman–Crippen MR) is 72.8 cm³/mol. The largest absolute Gasteiger partial charge is 0.369 e. The number of aryl methyl sites for hydroxylation is 2. The average molecular weight is 238 g/mol. The first-order chi connectivity index (χ1) is 8.66. The van der Waals surface area contributed by atoms with E-state index in [-0.39, 0.29) is 0 Å². The standard InChI is InChI=1S/C14H14N4/c1-9-3-4-10(2)13(7-9)18-12-5-6-16-8-11(12)17-14(18)15/h3-8H,1-2H3,(H2,15,17). The molecular weight excluding hydrogens is 224 g/mol. The summed E-state index contributed by atoms with van der Waals surface area (Å²) in [4.78, 5) is 8.41. The highest BCUT2D eigenvalue weighted by atomic mass is 15.2. The Morgan fingerprint density at radius 3 is 2.83 bits per heavy atom. The van der Waals surface area contributed by atoms with Crippen molar-refractivity contribution in [1.29, 1.82) is 0 Å². The molecule has 18 heavy (non-hydrogen) atoms. The van der Waals surface area contributed by atoms with Gasteiger partial charge >= 0.3 is 0 Å². The van der Waals surface area contributed by atoms with Crippen molar-refractivity contribution in [2.45, 2.75) is 13.8 Å². The van der Waals surface area contributed by atoms with Crippen molar-refractivity contribution < 1.29 is 0 Å². The van der Waals surface area contributed by atoms with Crippen molar-refractivity contribution in [3.05, 3.63) is 47.8 Å². The molecule has 3 rings (SSSR count). The number of nitrogens with two attached hydrogens (primary N) is 1. The van der Waals surface area contributed by atoms with Crippen LogP contribution in [0, 0.1) is 13.8 Å². The van der Waals surface area contributed by atoms with Gasteiger partial charge in [0.1, 0.15) is 5.52 Å². The Morgan fingerprint density at radius 2 is 2.00 bits per heavy atom. The molecule has 0 saturated heterocycles. The Balaban J connectivity index is 2.37. The smallest absolute Gasteiger partial charge is 0.205 e. The van der Waals surface area contributed by atoms with Crippen LogP contribution >= 0.6 is 0 Å². The number of nitrogen functional groups attached to an aromatic ring is 1. The first-order valence-electron chi connectivity index (χ1n) is 5.82. The van der Waals surface area contributed by atoms with Crippen molar-refractivity contribution in [3.8, 4) is 5.69 Å². The van der Waals surface area contributed by atoms with Gasteiger partial charge in [0.05, 0.1) is 17.4 Å². The van der Waals surface area contributed by atoms with E-state index in [1.807, 2.05) is 10.6 Å². The lowest BCUT2D eigenvalue weighted by Crippen LogP contribution is -2.02. The molecule has 90 valence electrons. The van der Waals surface area contributed by atoms with E-state index in [2.05, 4.69) is 42.0 Å². The van der Waals surface area contributed by atoms with Crippen LogP contribution in [0.4, 0.5) is 5.95 Å². The molecule has 0 amide bonds. The number of aromatic nitrogens is 3. The molecule has 4 nitrogen and oxygen atoms in total. The molecular formula is C14H14N4. The highest BCUT2D eigenvalue weighted by Crippen LogP contribution is 2.25. The van der Waals surface area contributed by atoms with Crippen molar-refractivity contribution in [2.24, 2.45) is 0 Å². The topological polar surface area (TPSA) is 56.7 Å². The number of anilines is 1. The summed E-state index contributed by atoms with van der Waals surface area (Å²) in [7, 11) is 0. The van der Waals surface area contributed by atoms with Crippen molar-refractivity contribution >= 4 is 17.0 Å². The van der Waals surface area contributed by atoms with E-state index in [1.165, 1.54) is 11.1 Å². The summed E-state index contributed by atoms with van der Waals surface area (Å²) in [5.41, 5.74) is 11.3. The van der Waals surface area contributed by atoms with Crippen LogP contribution in [-0.4, -0.2) is 14.5 Å². The fraction of sp³-hybridized carbons (Fsp3) is 0.143. The van der Waals surface area contributed by atoms with Gasteiger partial charge in [0.15, 0.2) is 0 Å². The second-order valence-electron chi connectivity index (χ2n) is 4.46. The summed E-state index contributed by atoms with van der Waals surface area (Å²) < 4.78 is 1.97. The number of benzene rings is 1. The molecule has 3 aromatic rings. The van der Waals surface area contributed by atoms with Crippen LogP contribution in [0.25, 0.3) is 16.7 Å². The Kier molecular flexibility index (Phi) is 2.30. The van der Waals surface area contributed by atoms with Gasteiger partial charge in [0.2, 0.25) is 5.95 Å². The zero-order valence-corrected chi connectivity index (χ0v) is 10.4. The third-order valence-electron chi connectivity index (χ3n) is 3.09. The summed E-state index contributed by atoms with van der Waals surface area (Å²) in [6.45, 7) is 4.14. The third-order valence-corrected chi connectivity index (χ3v) is 3.09. The predicted octanol–water partition coefficient (Wildman–Crippen LogP) is 2.62. The normalized spacial score (nSPS) is 11.0. The monoisotopic (exact) mass is 238 g/mol. The maximum absolute atomic E-state index is 6.03. The van der Waals surface area contributed by atoms with E-state index in [0.29, 0.717) is 5.95 Å². The highest BCUT2D eigenvalue weighted by Gasteiger charge is 2.11. The molecule has 2 heterocycles. The number of hydrogen-bond donors (Lipinski definition) is 1. The summed E-state index contributed by atoms with van der Waals surface area (Å²) in [6, 6.07) is 8.24. The van der Waals surface area contributed by atoms with Crippen molar-refractivity contribution in [3.63, 3.8) is 0 Å². The second-order valence-corrected chi connectivity index (χ2v) is 4.46. The van der Waals surface area contributed by atoms with E-state index in [4.69, 9.17) is 5.73 Å². The van der Waals surface area contributed by atoms with Crippen molar-refractivity contribution in [2.75, 3.05) is 5.73 Å². The number of nitrogens with zero attached hydrogens (tertiary/aromatic N) is 3. The lowest BCUT2D eigenvalue weighted by molar-refractivity contribution is 1.08. The van der Waals surface area contributed by atoms with Crippen LogP contribution in [0.15, 0.2) is 36.7 Å². The lowest BCUT2D eigenvalue weighted by Gasteiger charge is -2.10. The summed E-state index contributed by atoms with van der Waals surface area (Å²) in [5, 5.41) is 0. The molecule has 1 aromatic carbocycles. The minimum atomic E-state index is 0.492. The molecule has 0 fully saturated rings. The molecule has 2 aromatic heterocycles. The third kappa shape index (κ3) is 1.54. The highest BCUT2D eigenvalue weighted by molar-refractivity contribution is 5.80. The minimum Gasteiger partial charge on any atom is -0.369 e. The Bertz CT molecular complexity index is 728. The molecule has 0 spiro atoms. The van der Waals surface area contributed by atoms with Crippen LogP contribution in [-0.2, 0) is 0 Å². The number of pyridine rings is 1. The van der Waals surface area contributed by atoms with Gasteiger partial charge in [-0.3, -0.25) is 9.55 Å². The maximum atomic E-state index is 6.03. The van der Waals surface area contributed by atoms with Gasteiger partial charge in [0, 0.05) is 6.20 Å². The molecule has 0 unspecified atom stereocenters. The van der Waals surface area contributed by atoms with Gasteiger partial charge in [-0.2, -0.15) is 0 Å². The fourth-order valence-corrected chi connectivity index (χ4v) is 2.16. The molecule has 0 saturated carbocycles. The van der Waals surface area contributed by atoms with E-state index < -0.39 is 0 Å². The van der Waals surface area contributed by atoms with E-state index >= 15 is 0 Å². The number of fused-ring (bicyclic) bond motifs is 1. The van der Waals surface area contributed by atoms with E-state index in [9.17, 15) is 0 Å². The van der Waals surface area contributed by atoms with Crippen molar-refractivity contribution in [1.82, 2.24) is 14.5 Å². The van der Waals surface area contributed by atoms with Crippen LogP contribution in [0.1, 0.15) is 11.1 Å². The molecule has 0 aliphatic heterocycles. The zero-order valence-electron chi connectivity index (χ0n) is 10.4. The van der Waals surface area contributed by atoms with Gasteiger partial charge < -0.3 is 5.73 Å². The maximum Gasteiger partial charge on any atom is 0.205 e. The SMILES string of the molecule is Cc1ccc(C)c(-n2c(N)nc3cnccc32)c1. The molecule has 2 N–H and O–H groups in total. The number of hydrogen-bond acceptors (Lipinski definition) is 3. The first-order valence-corrected chi connectivity index (χ1v) is 5.82. The first kappa shape index (κ1) is 10.8. The van der Waals surface area contributed by atoms with Gasteiger partial charge in [-0.25, -0.2) is 4.98 Å². The number of imidazole rings is 1. The molecule has 4 heteroatoms. The Morgan fingerprint density at radius 1 is 1.17 bits per heavy atom. The van der Waals surface area contributed by atoms with E-state index in [0.717, 1.165) is 16.7 Å². The zero-order chi connectivity index (χ0) is 12.7. The van der Waals surface area contributed by atoms with Crippen LogP contribution < -0.4 is 5.73 Å². The number of rotatable bonds is 1. The Hall–Kier alpha value is -2.36. The van der Waals surface area contributed by atoms with Gasteiger partial charge in [0.25, 0.3) is 0 Å². The molecule has 0 aliphatic rings. The lowest BCUT2D eigenvalue weighted by atomic mass is 10.1. The summed E-state index contributed by atoms with van der Waals surface area (Å²) in [5.74, 6) is 0.492. The quantitative estimate of drug-likeness (QED) is 0.709. The van der Waals surface area contributed by atoms with Crippen LogP contribution in [0.5, 0.6) is 0 Å². The van der Waals surface area contributed by atoms with Gasteiger partial charge in [-0.1, -0.05) is 12.1 Å². The molecule has 0 bridgehead atoms. The van der Waals surface area contributed by atoms with E-state index in [1.54, 1.807) is 12.4 Å². The van der Waals surface area contributed by atoms with Gasteiger partial charge in [-0.15, -0.1) is 0 Å².